The Balaban J connectivity index is 1.54. The van der Waals surface area contributed by atoms with Crippen molar-refractivity contribution in [2.75, 3.05) is 25.0 Å². The zero-order chi connectivity index (χ0) is 19.4. The Morgan fingerprint density at radius 3 is 2.56 bits per heavy atom. The molecule has 0 atom stereocenters. The lowest BCUT2D eigenvalue weighted by molar-refractivity contribution is -0.137. The summed E-state index contributed by atoms with van der Waals surface area (Å²) in [5, 5.41) is 2.64. The van der Waals surface area contributed by atoms with Crippen LogP contribution in [-0.2, 0) is 11.0 Å². The van der Waals surface area contributed by atoms with E-state index in [4.69, 9.17) is 0 Å². The van der Waals surface area contributed by atoms with Gasteiger partial charge in [-0.15, -0.1) is 0 Å². The molecule has 142 valence electrons. The van der Waals surface area contributed by atoms with Crippen molar-refractivity contribution in [2.24, 2.45) is 0 Å². The van der Waals surface area contributed by atoms with Crippen molar-refractivity contribution in [3.05, 3.63) is 65.5 Å². The molecule has 1 N–H and O–H groups in total. The van der Waals surface area contributed by atoms with Crippen molar-refractivity contribution in [3.8, 4) is 0 Å². The molecule has 1 aliphatic rings. The molecule has 4 nitrogen and oxygen atoms in total. The number of halogens is 3. The molecule has 3 rings (SSSR count). The molecule has 0 bridgehead atoms. The summed E-state index contributed by atoms with van der Waals surface area (Å²) in [5.74, 6) is -0.249. The average molecular weight is 375 g/mol. The predicted octanol–water partition coefficient (Wildman–Crippen LogP) is 4.14. The smallest absolute Gasteiger partial charge is 0.325 e. The fraction of sp³-hybridized carbons (Fsp3) is 0.300. The van der Waals surface area contributed by atoms with Gasteiger partial charge < -0.3 is 5.32 Å². The summed E-state index contributed by atoms with van der Waals surface area (Å²) >= 11 is 0. The Hall–Kier alpha value is -2.67. The van der Waals surface area contributed by atoms with Crippen LogP contribution in [0.4, 0.5) is 18.9 Å². The van der Waals surface area contributed by atoms with E-state index in [9.17, 15) is 18.0 Å². The highest BCUT2D eigenvalue weighted by atomic mass is 19.4. The predicted molar refractivity (Wildman–Crippen MR) is 98.1 cm³/mol. The lowest BCUT2D eigenvalue weighted by Gasteiger charge is -2.26. The van der Waals surface area contributed by atoms with E-state index in [-0.39, 0.29) is 12.5 Å². The number of aromatic nitrogens is 1. The van der Waals surface area contributed by atoms with E-state index in [1.54, 1.807) is 6.20 Å². The molecule has 0 spiro atoms. The molecule has 1 amide bonds. The van der Waals surface area contributed by atoms with Crippen molar-refractivity contribution in [3.63, 3.8) is 0 Å². The van der Waals surface area contributed by atoms with Crippen LogP contribution in [0.25, 0.3) is 5.57 Å². The number of carbonyl (C=O) groups excluding carboxylic acids is 1. The van der Waals surface area contributed by atoms with Gasteiger partial charge in [-0.1, -0.05) is 12.1 Å². The number of anilines is 1. The number of nitrogens with zero attached hydrogens (tertiary/aromatic N) is 2. The number of hydrogen-bond donors (Lipinski definition) is 1. The Morgan fingerprint density at radius 2 is 1.96 bits per heavy atom. The molecular formula is C20H20F3N3O. The monoisotopic (exact) mass is 375 g/mol. The number of alkyl halides is 3. The standard InChI is InChI=1S/C20H20F3N3O/c1-14-3-2-10-24-19(14)15-8-11-26(12-9-15)13-18(27)25-17-6-4-16(5-7-17)20(21,22)23/h2-8,10H,9,11-13H2,1H3,(H,25,27). The number of amides is 1. The Kier molecular flexibility index (Phi) is 5.60. The van der Waals surface area contributed by atoms with Crippen LogP contribution in [0, 0.1) is 6.92 Å². The molecule has 2 aromatic rings. The van der Waals surface area contributed by atoms with Crippen LogP contribution >= 0.6 is 0 Å². The van der Waals surface area contributed by atoms with E-state index < -0.39 is 11.7 Å². The third-order valence-corrected chi connectivity index (χ3v) is 4.47. The largest absolute Gasteiger partial charge is 0.416 e. The highest BCUT2D eigenvalue weighted by molar-refractivity contribution is 5.92. The second kappa shape index (κ2) is 7.92. The van der Waals surface area contributed by atoms with Gasteiger partial charge in [0.05, 0.1) is 17.8 Å². The summed E-state index contributed by atoms with van der Waals surface area (Å²) in [4.78, 5) is 18.6. The first kappa shape index (κ1) is 19.1. The fourth-order valence-electron chi connectivity index (χ4n) is 3.04. The Morgan fingerprint density at radius 1 is 1.22 bits per heavy atom. The lowest BCUT2D eigenvalue weighted by Crippen LogP contribution is -2.36. The van der Waals surface area contributed by atoms with Crippen molar-refractivity contribution < 1.29 is 18.0 Å². The molecule has 0 aliphatic carbocycles. The number of rotatable bonds is 4. The van der Waals surface area contributed by atoms with Crippen LogP contribution in [0.3, 0.4) is 0 Å². The SMILES string of the molecule is Cc1cccnc1C1=CCN(CC(=O)Nc2ccc(C(F)(F)F)cc2)CC1. The van der Waals surface area contributed by atoms with Gasteiger partial charge in [0.25, 0.3) is 0 Å². The highest BCUT2D eigenvalue weighted by Gasteiger charge is 2.30. The van der Waals surface area contributed by atoms with E-state index in [2.05, 4.69) is 16.4 Å². The van der Waals surface area contributed by atoms with E-state index in [1.165, 1.54) is 17.7 Å². The summed E-state index contributed by atoms with van der Waals surface area (Å²) in [6.07, 6.45) is 0.259. The maximum Gasteiger partial charge on any atom is 0.416 e. The van der Waals surface area contributed by atoms with Crippen LogP contribution in [0.5, 0.6) is 0 Å². The molecule has 0 saturated carbocycles. The number of benzene rings is 1. The molecule has 27 heavy (non-hydrogen) atoms. The third kappa shape index (κ3) is 4.95. The number of pyridine rings is 1. The fourth-order valence-corrected chi connectivity index (χ4v) is 3.04. The molecule has 2 heterocycles. The van der Waals surface area contributed by atoms with Gasteiger partial charge >= 0.3 is 6.18 Å². The molecule has 0 radical (unpaired) electrons. The van der Waals surface area contributed by atoms with Gasteiger partial charge in [0, 0.05) is 25.0 Å². The molecule has 0 unspecified atom stereocenters. The maximum atomic E-state index is 12.6. The van der Waals surface area contributed by atoms with Crippen molar-refractivity contribution in [1.82, 2.24) is 9.88 Å². The topological polar surface area (TPSA) is 45.2 Å². The van der Waals surface area contributed by atoms with Gasteiger partial charge in [-0.25, -0.2) is 0 Å². The average Bonchev–Trinajstić information content (AvgIpc) is 2.62. The third-order valence-electron chi connectivity index (χ3n) is 4.47. The number of hydrogen-bond acceptors (Lipinski definition) is 3. The lowest BCUT2D eigenvalue weighted by atomic mass is 10.0. The minimum absolute atomic E-state index is 0.187. The van der Waals surface area contributed by atoms with Gasteiger partial charge in [-0.05, 0) is 54.8 Å². The zero-order valence-corrected chi connectivity index (χ0v) is 14.9. The zero-order valence-electron chi connectivity index (χ0n) is 14.9. The molecular weight excluding hydrogens is 355 g/mol. The first-order valence-corrected chi connectivity index (χ1v) is 8.63. The van der Waals surface area contributed by atoms with Crippen molar-refractivity contribution in [2.45, 2.75) is 19.5 Å². The van der Waals surface area contributed by atoms with E-state index >= 15 is 0 Å². The molecule has 0 saturated heterocycles. The van der Waals surface area contributed by atoms with Gasteiger partial charge in [-0.2, -0.15) is 13.2 Å². The molecule has 7 heteroatoms. The number of nitrogens with one attached hydrogen (secondary N) is 1. The molecule has 1 aromatic heterocycles. The minimum atomic E-state index is -4.38. The second-order valence-electron chi connectivity index (χ2n) is 6.51. The first-order chi connectivity index (χ1) is 12.8. The summed E-state index contributed by atoms with van der Waals surface area (Å²) < 4.78 is 37.7. The van der Waals surface area contributed by atoms with Gasteiger partial charge in [-0.3, -0.25) is 14.7 Å². The van der Waals surface area contributed by atoms with Crippen molar-refractivity contribution in [1.29, 1.82) is 0 Å². The number of carbonyl (C=O) groups is 1. The van der Waals surface area contributed by atoms with Gasteiger partial charge in [0.15, 0.2) is 0 Å². The molecule has 0 fully saturated rings. The summed E-state index contributed by atoms with van der Waals surface area (Å²) in [5.41, 5.74) is 2.90. The van der Waals surface area contributed by atoms with Crippen LogP contribution in [0.15, 0.2) is 48.7 Å². The van der Waals surface area contributed by atoms with Crippen LogP contribution < -0.4 is 5.32 Å². The van der Waals surface area contributed by atoms with Gasteiger partial charge in [0.1, 0.15) is 0 Å². The highest BCUT2D eigenvalue weighted by Crippen LogP contribution is 2.29. The Labute approximate surface area is 155 Å². The van der Waals surface area contributed by atoms with Gasteiger partial charge in [0.2, 0.25) is 5.91 Å². The van der Waals surface area contributed by atoms with E-state index in [0.717, 1.165) is 36.4 Å². The summed E-state index contributed by atoms with van der Waals surface area (Å²) in [7, 11) is 0. The van der Waals surface area contributed by atoms with E-state index in [0.29, 0.717) is 12.2 Å². The summed E-state index contributed by atoms with van der Waals surface area (Å²) in [6.45, 7) is 3.56. The first-order valence-electron chi connectivity index (χ1n) is 8.63. The maximum absolute atomic E-state index is 12.6. The van der Waals surface area contributed by atoms with Crippen LogP contribution in [0.2, 0.25) is 0 Å². The number of aryl methyl sites for hydroxylation is 1. The summed E-state index contributed by atoms with van der Waals surface area (Å²) in [6, 6.07) is 8.37. The van der Waals surface area contributed by atoms with Crippen LogP contribution in [0.1, 0.15) is 23.2 Å². The molecule has 1 aliphatic heterocycles. The van der Waals surface area contributed by atoms with Crippen molar-refractivity contribution >= 4 is 17.2 Å². The molecule has 1 aromatic carbocycles. The normalized spacial score (nSPS) is 15.3. The van der Waals surface area contributed by atoms with E-state index in [1.807, 2.05) is 24.0 Å². The Bertz CT molecular complexity index is 844. The van der Waals surface area contributed by atoms with Crippen LogP contribution in [-0.4, -0.2) is 35.4 Å². The quantitative estimate of drug-likeness (QED) is 0.874. The minimum Gasteiger partial charge on any atom is -0.325 e. The second-order valence-corrected chi connectivity index (χ2v) is 6.51.